The number of unbranched alkanes of at least 4 members (excludes halogenated alkanes) is 1. The van der Waals surface area contributed by atoms with Crippen LogP contribution in [0.2, 0.25) is 0 Å². The maximum atomic E-state index is 11.5. The minimum Gasteiger partial charge on any atom is -0.406 e. The maximum absolute atomic E-state index is 11.5. The number of allylic oxidation sites excluding steroid dienone is 1. The Morgan fingerprint density at radius 2 is 1.97 bits per heavy atom. The zero-order valence-electron chi connectivity index (χ0n) is 17.7. The molecule has 162 valence electrons. The Morgan fingerprint density at radius 1 is 1.10 bits per heavy atom. The van der Waals surface area contributed by atoms with Gasteiger partial charge in [-0.1, -0.05) is 18.7 Å². The molecule has 1 fully saturated rings. The molecule has 7 nitrogen and oxygen atoms in total. The van der Waals surface area contributed by atoms with E-state index in [2.05, 4.69) is 50.2 Å². The molecule has 3 aromatic rings. The van der Waals surface area contributed by atoms with Crippen LogP contribution in [0.4, 0.5) is 17.1 Å². The first kappa shape index (κ1) is 19.8. The molecule has 1 saturated heterocycles. The van der Waals surface area contributed by atoms with Gasteiger partial charge in [0, 0.05) is 56.2 Å². The first-order valence-electron chi connectivity index (χ1n) is 11.1. The molecule has 0 atom stereocenters. The van der Waals surface area contributed by atoms with Gasteiger partial charge in [-0.15, -0.1) is 0 Å². The minimum absolute atomic E-state index is 0.392. The molecule has 2 aliphatic rings. The van der Waals surface area contributed by atoms with Crippen molar-refractivity contribution in [1.82, 2.24) is 9.88 Å². The molecular weight excluding hydrogens is 390 g/mol. The van der Waals surface area contributed by atoms with Crippen LogP contribution in [0.5, 0.6) is 0 Å². The minimum atomic E-state index is -0.392. The second-order valence-electron chi connectivity index (χ2n) is 8.41. The van der Waals surface area contributed by atoms with Crippen LogP contribution in [0.15, 0.2) is 57.9 Å². The van der Waals surface area contributed by atoms with Gasteiger partial charge in [0.1, 0.15) is 0 Å². The van der Waals surface area contributed by atoms with Gasteiger partial charge in [0.2, 0.25) is 0 Å². The second kappa shape index (κ2) is 8.51. The maximum Gasteiger partial charge on any atom is 0.417 e. The van der Waals surface area contributed by atoms with E-state index in [0.717, 1.165) is 69.0 Å². The number of nitrogens with zero attached hydrogens (tertiary/aromatic N) is 2. The number of rotatable bonds is 7. The van der Waals surface area contributed by atoms with Crippen LogP contribution in [0, 0.1) is 0 Å². The van der Waals surface area contributed by atoms with Crippen molar-refractivity contribution in [3.05, 3.63) is 64.8 Å². The van der Waals surface area contributed by atoms with E-state index in [0.29, 0.717) is 5.58 Å². The summed E-state index contributed by atoms with van der Waals surface area (Å²) >= 11 is 0. The normalized spacial score (nSPS) is 16.5. The fourth-order valence-electron chi connectivity index (χ4n) is 4.53. The molecule has 5 rings (SSSR count). The molecule has 31 heavy (non-hydrogen) atoms. The van der Waals surface area contributed by atoms with E-state index in [1.165, 1.54) is 23.4 Å². The third-order valence-electron chi connectivity index (χ3n) is 6.19. The molecule has 2 aromatic carbocycles. The Bertz CT molecular complexity index is 1140. The summed E-state index contributed by atoms with van der Waals surface area (Å²) in [5.74, 6) is -0.392. The van der Waals surface area contributed by atoms with Gasteiger partial charge < -0.3 is 20.0 Å². The molecule has 0 radical (unpaired) electrons. The number of para-hydroxylation sites is 1. The van der Waals surface area contributed by atoms with E-state index < -0.39 is 5.76 Å². The number of nitrogens with one attached hydrogen (secondary N) is 3. The lowest BCUT2D eigenvalue weighted by atomic mass is 10.1. The van der Waals surface area contributed by atoms with E-state index in [1.54, 1.807) is 0 Å². The van der Waals surface area contributed by atoms with Gasteiger partial charge in [-0.3, -0.25) is 9.88 Å². The van der Waals surface area contributed by atoms with Crippen molar-refractivity contribution in [3.63, 3.8) is 0 Å². The zero-order valence-corrected chi connectivity index (χ0v) is 17.7. The molecule has 0 aliphatic carbocycles. The molecule has 2 aliphatic heterocycles. The molecule has 0 unspecified atom stereocenters. The fourth-order valence-corrected chi connectivity index (χ4v) is 4.53. The standard InChI is InChI=1S/C24H29N5O2/c1-17-15-18-7-8-19(16-21(18)26-17)25-9-2-3-10-28-11-13-29(14-12-28)22-6-4-5-20-23(22)31-24(30)27-20/h4-8,16,25-26H,1-3,9-15H2,(H,27,30). The van der Waals surface area contributed by atoms with E-state index in [1.807, 2.05) is 18.2 Å². The molecule has 0 bridgehead atoms. The predicted octanol–water partition coefficient (Wildman–Crippen LogP) is 3.62. The van der Waals surface area contributed by atoms with E-state index in [9.17, 15) is 4.79 Å². The largest absolute Gasteiger partial charge is 0.417 e. The van der Waals surface area contributed by atoms with Gasteiger partial charge in [-0.05, 0) is 49.2 Å². The first-order chi connectivity index (χ1) is 15.2. The SMILES string of the molecule is C=C1Cc2ccc(NCCCCN3CCN(c4cccc5[nH]c(=O)oc45)CC3)cc2N1. The number of hydrogen-bond donors (Lipinski definition) is 3. The summed E-state index contributed by atoms with van der Waals surface area (Å²) in [5.41, 5.74) is 7.18. The van der Waals surface area contributed by atoms with Gasteiger partial charge in [0.15, 0.2) is 5.58 Å². The number of H-pyrrole nitrogens is 1. The first-order valence-corrected chi connectivity index (χ1v) is 11.1. The molecule has 0 amide bonds. The number of anilines is 3. The average molecular weight is 420 g/mol. The lowest BCUT2D eigenvalue weighted by molar-refractivity contribution is 0.254. The molecular formula is C24H29N5O2. The van der Waals surface area contributed by atoms with Crippen LogP contribution in [0.25, 0.3) is 11.1 Å². The predicted molar refractivity (Wildman–Crippen MR) is 126 cm³/mol. The van der Waals surface area contributed by atoms with Crippen LogP contribution >= 0.6 is 0 Å². The molecule has 0 spiro atoms. The van der Waals surface area contributed by atoms with Gasteiger partial charge in [0.25, 0.3) is 0 Å². The van der Waals surface area contributed by atoms with Crippen LogP contribution in [0.3, 0.4) is 0 Å². The highest BCUT2D eigenvalue weighted by molar-refractivity contribution is 5.86. The monoisotopic (exact) mass is 419 g/mol. The molecule has 3 N–H and O–H groups in total. The van der Waals surface area contributed by atoms with Crippen molar-refractivity contribution < 1.29 is 4.42 Å². The van der Waals surface area contributed by atoms with E-state index in [4.69, 9.17) is 4.42 Å². The Labute approximate surface area is 181 Å². The molecule has 7 heteroatoms. The van der Waals surface area contributed by atoms with Gasteiger partial charge >= 0.3 is 5.76 Å². The Hall–Kier alpha value is -3.19. The smallest absolute Gasteiger partial charge is 0.406 e. The Balaban J connectivity index is 1.05. The van der Waals surface area contributed by atoms with Crippen LogP contribution in [-0.4, -0.2) is 49.2 Å². The van der Waals surface area contributed by atoms with E-state index >= 15 is 0 Å². The Kier molecular flexibility index (Phi) is 5.42. The summed E-state index contributed by atoms with van der Waals surface area (Å²) in [7, 11) is 0. The number of aromatic nitrogens is 1. The summed E-state index contributed by atoms with van der Waals surface area (Å²) in [6.07, 6.45) is 3.25. The molecule has 1 aromatic heterocycles. The number of fused-ring (bicyclic) bond motifs is 2. The van der Waals surface area contributed by atoms with Crippen LogP contribution in [0.1, 0.15) is 18.4 Å². The average Bonchev–Trinajstić information content (AvgIpc) is 3.34. The van der Waals surface area contributed by atoms with Gasteiger partial charge in [-0.25, -0.2) is 4.79 Å². The Morgan fingerprint density at radius 3 is 2.84 bits per heavy atom. The topological polar surface area (TPSA) is 76.5 Å². The number of aromatic amines is 1. The highest BCUT2D eigenvalue weighted by atomic mass is 16.4. The summed E-state index contributed by atoms with van der Waals surface area (Å²) in [4.78, 5) is 19.1. The van der Waals surface area contributed by atoms with E-state index in [-0.39, 0.29) is 0 Å². The third-order valence-corrected chi connectivity index (χ3v) is 6.19. The zero-order chi connectivity index (χ0) is 21.2. The lowest BCUT2D eigenvalue weighted by Gasteiger charge is -2.36. The molecule has 3 heterocycles. The van der Waals surface area contributed by atoms with Crippen molar-refractivity contribution in [2.24, 2.45) is 0 Å². The van der Waals surface area contributed by atoms with Crippen molar-refractivity contribution in [2.75, 3.05) is 54.8 Å². The summed E-state index contributed by atoms with van der Waals surface area (Å²) in [6, 6.07) is 12.4. The van der Waals surface area contributed by atoms with Gasteiger partial charge in [-0.2, -0.15) is 0 Å². The van der Waals surface area contributed by atoms with Crippen LogP contribution in [-0.2, 0) is 6.42 Å². The highest BCUT2D eigenvalue weighted by Crippen LogP contribution is 2.30. The van der Waals surface area contributed by atoms with Crippen molar-refractivity contribution in [1.29, 1.82) is 0 Å². The molecule has 0 saturated carbocycles. The highest BCUT2D eigenvalue weighted by Gasteiger charge is 2.20. The third kappa shape index (κ3) is 4.32. The summed E-state index contributed by atoms with van der Waals surface area (Å²) in [6.45, 7) is 10.0. The van der Waals surface area contributed by atoms with Crippen molar-refractivity contribution in [2.45, 2.75) is 19.3 Å². The number of benzene rings is 2. The number of oxazole rings is 1. The fraction of sp³-hybridized carbons (Fsp3) is 0.375. The number of piperazine rings is 1. The van der Waals surface area contributed by atoms with Crippen LogP contribution < -0.4 is 21.3 Å². The van der Waals surface area contributed by atoms with Crippen molar-refractivity contribution in [3.8, 4) is 0 Å². The number of hydrogen-bond acceptors (Lipinski definition) is 6. The van der Waals surface area contributed by atoms with Crippen molar-refractivity contribution >= 4 is 28.2 Å². The quantitative estimate of drug-likeness (QED) is 0.508. The summed E-state index contributed by atoms with van der Waals surface area (Å²) in [5, 5.41) is 6.88. The lowest BCUT2D eigenvalue weighted by Crippen LogP contribution is -2.46. The second-order valence-corrected chi connectivity index (χ2v) is 8.41. The van der Waals surface area contributed by atoms with Gasteiger partial charge in [0.05, 0.1) is 11.2 Å². The summed E-state index contributed by atoms with van der Waals surface area (Å²) < 4.78 is 5.36.